The Morgan fingerprint density at radius 1 is 1.21 bits per heavy atom. The Balaban J connectivity index is 3.38. The minimum absolute atomic E-state index is 0.0122. The first-order valence-electron chi connectivity index (χ1n) is 5.68. The van der Waals surface area contributed by atoms with E-state index in [-0.39, 0.29) is 10.6 Å². The number of amides is 1. The molecule has 0 bridgehead atoms. The maximum Gasteiger partial charge on any atom is 0.243 e. The summed E-state index contributed by atoms with van der Waals surface area (Å²) in [5, 5.41) is 0. The molecule has 0 heterocycles. The summed E-state index contributed by atoms with van der Waals surface area (Å²) in [4.78, 5) is 11.2. The molecule has 1 aromatic carbocycles. The third-order valence-electron chi connectivity index (χ3n) is 2.89. The van der Waals surface area contributed by atoms with Crippen molar-refractivity contribution in [1.29, 1.82) is 0 Å². The second kappa shape index (κ2) is 4.82. The molecule has 0 saturated heterocycles. The van der Waals surface area contributed by atoms with Crippen molar-refractivity contribution >= 4 is 21.6 Å². The number of hydrogen-bond donors (Lipinski definition) is 3. The summed E-state index contributed by atoms with van der Waals surface area (Å²) < 4.78 is 27.0. The normalized spacial score (nSPS) is 12.4. The molecule has 0 saturated carbocycles. The average Bonchev–Trinajstić information content (AvgIpc) is 2.22. The first-order valence-corrected chi connectivity index (χ1v) is 7.17. The van der Waals surface area contributed by atoms with Crippen LogP contribution in [0.5, 0.6) is 0 Å². The SMILES string of the molecule is Cc1ccc(C)c(S(=O)(=O)NC(C)(C)C(N)=O)c1N. The maximum absolute atomic E-state index is 12.3. The Kier molecular flexibility index (Phi) is 3.92. The maximum atomic E-state index is 12.3. The lowest BCUT2D eigenvalue weighted by molar-refractivity contribution is -0.122. The third-order valence-corrected chi connectivity index (χ3v) is 4.74. The quantitative estimate of drug-likeness (QED) is 0.695. The highest BCUT2D eigenvalue weighted by Crippen LogP contribution is 2.26. The van der Waals surface area contributed by atoms with Gasteiger partial charge in [-0.25, -0.2) is 8.42 Å². The van der Waals surface area contributed by atoms with Gasteiger partial charge in [0.15, 0.2) is 0 Å². The summed E-state index contributed by atoms with van der Waals surface area (Å²) in [5.41, 5.74) is 10.9. The van der Waals surface area contributed by atoms with Crippen LogP contribution >= 0.6 is 0 Å². The molecule has 106 valence electrons. The summed E-state index contributed by atoms with van der Waals surface area (Å²) in [6.07, 6.45) is 0. The molecule has 19 heavy (non-hydrogen) atoms. The van der Waals surface area contributed by atoms with Gasteiger partial charge >= 0.3 is 0 Å². The molecule has 0 spiro atoms. The molecule has 5 N–H and O–H groups in total. The number of nitrogens with two attached hydrogens (primary N) is 2. The van der Waals surface area contributed by atoms with Crippen molar-refractivity contribution in [3.05, 3.63) is 23.3 Å². The molecule has 0 aliphatic carbocycles. The van der Waals surface area contributed by atoms with E-state index in [0.717, 1.165) is 0 Å². The van der Waals surface area contributed by atoms with Crippen molar-refractivity contribution in [2.75, 3.05) is 5.73 Å². The molecule has 0 radical (unpaired) electrons. The molecule has 0 atom stereocenters. The van der Waals surface area contributed by atoms with E-state index in [2.05, 4.69) is 4.72 Å². The van der Waals surface area contributed by atoms with Crippen LogP contribution in [-0.4, -0.2) is 19.9 Å². The van der Waals surface area contributed by atoms with Gasteiger partial charge in [0.25, 0.3) is 0 Å². The number of aryl methyl sites for hydroxylation is 2. The van der Waals surface area contributed by atoms with Gasteiger partial charge in [0.1, 0.15) is 10.4 Å². The number of hydrogen-bond acceptors (Lipinski definition) is 4. The van der Waals surface area contributed by atoms with E-state index >= 15 is 0 Å². The van der Waals surface area contributed by atoms with Gasteiger partial charge in [-0.1, -0.05) is 12.1 Å². The number of carbonyl (C=O) groups excluding carboxylic acids is 1. The van der Waals surface area contributed by atoms with Crippen LogP contribution in [0.2, 0.25) is 0 Å². The molecule has 1 rings (SSSR count). The predicted molar refractivity (Wildman–Crippen MR) is 73.9 cm³/mol. The van der Waals surface area contributed by atoms with Crippen molar-refractivity contribution in [3.63, 3.8) is 0 Å². The van der Waals surface area contributed by atoms with Crippen molar-refractivity contribution in [2.24, 2.45) is 5.73 Å². The molecule has 0 unspecified atom stereocenters. The van der Waals surface area contributed by atoms with Crippen LogP contribution in [0, 0.1) is 13.8 Å². The second-order valence-corrected chi connectivity index (χ2v) is 6.66. The van der Waals surface area contributed by atoms with Crippen LogP contribution in [-0.2, 0) is 14.8 Å². The number of primary amides is 1. The first kappa shape index (κ1) is 15.5. The summed E-state index contributed by atoms with van der Waals surface area (Å²) in [5.74, 6) is -0.764. The zero-order chi connectivity index (χ0) is 15.0. The molecule has 1 aromatic rings. The van der Waals surface area contributed by atoms with Gasteiger partial charge in [0, 0.05) is 0 Å². The lowest BCUT2D eigenvalue weighted by Crippen LogP contribution is -2.53. The zero-order valence-corrected chi connectivity index (χ0v) is 12.3. The van der Waals surface area contributed by atoms with Crippen LogP contribution in [0.15, 0.2) is 17.0 Å². The highest BCUT2D eigenvalue weighted by molar-refractivity contribution is 7.89. The summed E-state index contributed by atoms with van der Waals surface area (Å²) in [6.45, 7) is 6.15. The van der Waals surface area contributed by atoms with E-state index in [4.69, 9.17) is 11.5 Å². The van der Waals surface area contributed by atoms with Crippen molar-refractivity contribution in [2.45, 2.75) is 38.1 Å². The molecular formula is C12H19N3O3S. The molecule has 0 aliphatic heterocycles. The number of rotatable bonds is 4. The average molecular weight is 285 g/mol. The number of benzene rings is 1. The largest absolute Gasteiger partial charge is 0.397 e. The van der Waals surface area contributed by atoms with E-state index < -0.39 is 21.5 Å². The van der Waals surface area contributed by atoms with Crippen LogP contribution in [0.25, 0.3) is 0 Å². The number of carbonyl (C=O) groups is 1. The Morgan fingerprint density at radius 2 is 1.68 bits per heavy atom. The van der Waals surface area contributed by atoms with Crippen LogP contribution < -0.4 is 16.2 Å². The van der Waals surface area contributed by atoms with E-state index in [1.165, 1.54) is 13.8 Å². The molecular weight excluding hydrogens is 266 g/mol. The van der Waals surface area contributed by atoms with Crippen molar-refractivity contribution in [1.82, 2.24) is 4.72 Å². The fourth-order valence-corrected chi connectivity index (χ4v) is 3.42. The van der Waals surface area contributed by atoms with Gasteiger partial charge < -0.3 is 11.5 Å². The minimum atomic E-state index is -3.92. The van der Waals surface area contributed by atoms with Crippen LogP contribution in [0.1, 0.15) is 25.0 Å². The standard InChI is InChI=1S/C12H19N3O3S/c1-7-5-6-8(2)10(9(7)13)19(17,18)15-12(3,4)11(14)16/h5-6,15H,13H2,1-4H3,(H2,14,16). The lowest BCUT2D eigenvalue weighted by atomic mass is 10.1. The molecule has 6 nitrogen and oxygen atoms in total. The summed E-state index contributed by atoms with van der Waals surface area (Å²) in [6, 6.07) is 3.40. The molecule has 7 heteroatoms. The van der Waals surface area contributed by atoms with E-state index in [9.17, 15) is 13.2 Å². The fourth-order valence-electron chi connectivity index (χ4n) is 1.60. The van der Waals surface area contributed by atoms with Gasteiger partial charge in [0.2, 0.25) is 15.9 Å². The highest BCUT2D eigenvalue weighted by Gasteiger charge is 2.33. The van der Waals surface area contributed by atoms with E-state index in [1.54, 1.807) is 26.0 Å². The smallest absolute Gasteiger partial charge is 0.243 e. The van der Waals surface area contributed by atoms with Crippen LogP contribution in [0.3, 0.4) is 0 Å². The van der Waals surface area contributed by atoms with E-state index in [0.29, 0.717) is 11.1 Å². The van der Waals surface area contributed by atoms with Gasteiger partial charge in [-0.3, -0.25) is 4.79 Å². The van der Waals surface area contributed by atoms with Crippen molar-refractivity contribution in [3.8, 4) is 0 Å². The second-order valence-electron chi connectivity index (χ2n) is 5.04. The van der Waals surface area contributed by atoms with Gasteiger partial charge in [-0.15, -0.1) is 0 Å². The minimum Gasteiger partial charge on any atom is -0.397 e. The number of sulfonamides is 1. The summed E-state index contributed by atoms with van der Waals surface area (Å²) in [7, 11) is -3.92. The van der Waals surface area contributed by atoms with Gasteiger partial charge in [0.05, 0.1) is 5.69 Å². The molecule has 0 fully saturated rings. The number of nitrogen functional groups attached to an aromatic ring is 1. The third kappa shape index (κ3) is 3.05. The number of anilines is 1. The summed E-state index contributed by atoms with van der Waals surface area (Å²) >= 11 is 0. The first-order chi connectivity index (χ1) is 8.49. The molecule has 0 aliphatic rings. The van der Waals surface area contributed by atoms with Gasteiger partial charge in [-0.05, 0) is 38.8 Å². The topological polar surface area (TPSA) is 115 Å². The molecule has 1 amide bonds. The molecule has 0 aromatic heterocycles. The Bertz CT molecular complexity index is 621. The highest BCUT2D eigenvalue weighted by atomic mass is 32.2. The zero-order valence-electron chi connectivity index (χ0n) is 11.4. The monoisotopic (exact) mass is 285 g/mol. The predicted octanol–water partition coefficient (Wildman–Crippen LogP) is 0.428. The Morgan fingerprint density at radius 3 is 2.16 bits per heavy atom. The lowest BCUT2D eigenvalue weighted by Gasteiger charge is -2.23. The van der Waals surface area contributed by atoms with E-state index in [1.807, 2.05) is 0 Å². The Hall–Kier alpha value is -1.60. The van der Waals surface area contributed by atoms with Crippen LogP contribution in [0.4, 0.5) is 5.69 Å². The fraction of sp³-hybridized carbons (Fsp3) is 0.417. The Labute approximate surface area is 113 Å². The number of nitrogens with one attached hydrogen (secondary N) is 1. The van der Waals surface area contributed by atoms with Crippen molar-refractivity contribution < 1.29 is 13.2 Å². The van der Waals surface area contributed by atoms with Gasteiger partial charge in [-0.2, -0.15) is 4.72 Å².